The number of carbonyl (C=O) groups is 1. The highest BCUT2D eigenvalue weighted by Gasteiger charge is 2.26. The SMILES string of the molecule is COc1ccc2oc(=O)c(C(=O)N3CC[NH+](C/C=C/c4ccccc4)CC3)cc2c1. The molecule has 30 heavy (non-hydrogen) atoms. The van der Waals surface area contributed by atoms with Crippen molar-refractivity contribution in [3.8, 4) is 5.75 Å². The highest BCUT2D eigenvalue weighted by Crippen LogP contribution is 2.20. The molecule has 0 radical (unpaired) electrons. The lowest BCUT2D eigenvalue weighted by Gasteiger charge is -2.31. The van der Waals surface area contributed by atoms with Gasteiger partial charge in [0.2, 0.25) is 0 Å². The fraction of sp³-hybridized carbons (Fsp3) is 0.250. The van der Waals surface area contributed by atoms with Gasteiger partial charge in [-0.05, 0) is 35.9 Å². The first-order chi connectivity index (χ1) is 14.6. The van der Waals surface area contributed by atoms with Gasteiger partial charge in [0, 0.05) is 5.39 Å². The van der Waals surface area contributed by atoms with Crippen molar-refractivity contribution in [1.82, 2.24) is 4.90 Å². The quantitative estimate of drug-likeness (QED) is 0.658. The zero-order valence-corrected chi connectivity index (χ0v) is 17.0. The molecule has 1 N–H and O–H groups in total. The fourth-order valence-electron chi connectivity index (χ4n) is 3.70. The Morgan fingerprint density at radius 2 is 1.90 bits per heavy atom. The number of piperazine rings is 1. The molecule has 0 atom stereocenters. The van der Waals surface area contributed by atoms with Crippen LogP contribution in [0.4, 0.5) is 0 Å². The summed E-state index contributed by atoms with van der Waals surface area (Å²) in [6, 6.07) is 17.0. The summed E-state index contributed by atoms with van der Waals surface area (Å²) in [5, 5.41) is 0.674. The third-order valence-electron chi connectivity index (χ3n) is 5.44. The number of quaternary nitrogens is 1. The summed E-state index contributed by atoms with van der Waals surface area (Å²) >= 11 is 0. The van der Waals surface area contributed by atoms with E-state index >= 15 is 0 Å². The molecule has 1 aliphatic heterocycles. The predicted molar refractivity (Wildman–Crippen MR) is 116 cm³/mol. The van der Waals surface area contributed by atoms with Crippen molar-refractivity contribution in [2.75, 3.05) is 39.8 Å². The summed E-state index contributed by atoms with van der Waals surface area (Å²) in [4.78, 5) is 28.4. The molecule has 0 bridgehead atoms. The van der Waals surface area contributed by atoms with Gasteiger partial charge in [-0.2, -0.15) is 0 Å². The Hall–Kier alpha value is -3.38. The van der Waals surface area contributed by atoms with Crippen LogP contribution in [0.15, 0.2) is 69.9 Å². The Morgan fingerprint density at radius 3 is 2.63 bits per heavy atom. The van der Waals surface area contributed by atoms with Crippen LogP contribution in [-0.2, 0) is 0 Å². The number of hydrogen-bond donors (Lipinski definition) is 1. The molecule has 0 saturated carbocycles. The van der Waals surface area contributed by atoms with Gasteiger partial charge in [-0.25, -0.2) is 4.79 Å². The van der Waals surface area contributed by atoms with E-state index in [0.717, 1.165) is 19.6 Å². The average molecular weight is 405 g/mol. The minimum absolute atomic E-state index is 0.0724. The van der Waals surface area contributed by atoms with Crippen LogP contribution in [0, 0.1) is 0 Å². The van der Waals surface area contributed by atoms with E-state index in [9.17, 15) is 9.59 Å². The molecule has 1 saturated heterocycles. The lowest BCUT2D eigenvalue weighted by Crippen LogP contribution is -3.14. The van der Waals surface area contributed by atoms with Gasteiger partial charge in [0.05, 0.1) is 39.8 Å². The highest BCUT2D eigenvalue weighted by atomic mass is 16.5. The smallest absolute Gasteiger partial charge is 0.349 e. The van der Waals surface area contributed by atoms with Gasteiger partial charge in [0.25, 0.3) is 5.91 Å². The lowest BCUT2D eigenvalue weighted by atomic mass is 10.1. The molecule has 3 aromatic rings. The minimum atomic E-state index is -0.599. The monoisotopic (exact) mass is 405 g/mol. The van der Waals surface area contributed by atoms with E-state index in [-0.39, 0.29) is 11.5 Å². The van der Waals surface area contributed by atoms with Gasteiger partial charge in [-0.3, -0.25) is 4.79 Å². The molecule has 1 aliphatic rings. The molecular formula is C24H25N2O4+. The van der Waals surface area contributed by atoms with Gasteiger partial charge in [-0.15, -0.1) is 0 Å². The number of methoxy groups -OCH3 is 1. The normalized spacial score (nSPS) is 15.0. The molecule has 1 fully saturated rings. The van der Waals surface area contributed by atoms with Crippen LogP contribution in [0.2, 0.25) is 0 Å². The first-order valence-corrected chi connectivity index (χ1v) is 10.1. The van der Waals surface area contributed by atoms with E-state index in [1.807, 2.05) is 18.2 Å². The summed E-state index contributed by atoms with van der Waals surface area (Å²) in [5.74, 6) is 0.378. The van der Waals surface area contributed by atoms with E-state index in [4.69, 9.17) is 9.15 Å². The molecule has 4 rings (SSSR count). The Balaban J connectivity index is 1.40. The molecule has 6 heteroatoms. The van der Waals surface area contributed by atoms with Gasteiger partial charge < -0.3 is 19.0 Å². The van der Waals surface area contributed by atoms with Crippen molar-refractivity contribution in [1.29, 1.82) is 0 Å². The number of fused-ring (bicyclic) bond motifs is 1. The Morgan fingerprint density at radius 1 is 1.13 bits per heavy atom. The van der Waals surface area contributed by atoms with Crippen LogP contribution < -0.4 is 15.3 Å². The maximum Gasteiger partial charge on any atom is 0.349 e. The second kappa shape index (κ2) is 8.97. The topological polar surface area (TPSA) is 64.2 Å². The Kier molecular flexibility index (Phi) is 5.95. The molecule has 154 valence electrons. The molecule has 1 aromatic heterocycles. The number of rotatable bonds is 5. The van der Waals surface area contributed by atoms with Crippen molar-refractivity contribution >= 4 is 23.0 Å². The number of nitrogens with zero attached hydrogens (tertiary/aromatic N) is 1. The summed E-state index contributed by atoms with van der Waals surface area (Å²) < 4.78 is 10.6. The van der Waals surface area contributed by atoms with Gasteiger partial charge in [0.1, 0.15) is 16.9 Å². The summed E-state index contributed by atoms with van der Waals surface area (Å²) in [6.07, 6.45) is 4.30. The first-order valence-electron chi connectivity index (χ1n) is 10.1. The third-order valence-corrected chi connectivity index (χ3v) is 5.44. The van der Waals surface area contributed by atoms with Gasteiger partial charge in [0.15, 0.2) is 0 Å². The number of amides is 1. The molecule has 0 spiro atoms. The second-order valence-corrected chi connectivity index (χ2v) is 7.41. The number of ether oxygens (including phenoxy) is 1. The van der Waals surface area contributed by atoms with Crippen LogP contribution in [0.1, 0.15) is 15.9 Å². The molecule has 0 unspecified atom stereocenters. The third kappa shape index (κ3) is 4.44. The van der Waals surface area contributed by atoms with E-state index in [2.05, 4.69) is 24.3 Å². The zero-order chi connectivity index (χ0) is 20.9. The van der Waals surface area contributed by atoms with Crippen molar-refractivity contribution in [2.24, 2.45) is 0 Å². The highest BCUT2D eigenvalue weighted by molar-refractivity contribution is 5.96. The van der Waals surface area contributed by atoms with Crippen molar-refractivity contribution in [3.63, 3.8) is 0 Å². The largest absolute Gasteiger partial charge is 0.497 e. The van der Waals surface area contributed by atoms with Gasteiger partial charge >= 0.3 is 5.63 Å². The van der Waals surface area contributed by atoms with Crippen LogP contribution in [-0.4, -0.2) is 50.6 Å². The summed E-state index contributed by atoms with van der Waals surface area (Å²) in [7, 11) is 1.57. The van der Waals surface area contributed by atoms with Crippen LogP contribution in [0.25, 0.3) is 17.0 Å². The van der Waals surface area contributed by atoms with Crippen LogP contribution in [0.5, 0.6) is 5.75 Å². The lowest BCUT2D eigenvalue weighted by molar-refractivity contribution is -0.898. The second-order valence-electron chi connectivity index (χ2n) is 7.41. The molecular weight excluding hydrogens is 380 g/mol. The van der Waals surface area contributed by atoms with E-state index < -0.39 is 5.63 Å². The molecule has 2 heterocycles. The van der Waals surface area contributed by atoms with Crippen LogP contribution >= 0.6 is 0 Å². The zero-order valence-electron chi connectivity index (χ0n) is 17.0. The fourth-order valence-corrected chi connectivity index (χ4v) is 3.70. The average Bonchev–Trinajstić information content (AvgIpc) is 2.79. The molecule has 1 amide bonds. The number of hydrogen-bond acceptors (Lipinski definition) is 4. The number of nitrogens with one attached hydrogen (secondary N) is 1. The first kappa shape index (κ1) is 19.9. The number of benzene rings is 2. The van der Waals surface area contributed by atoms with Crippen molar-refractivity contribution in [3.05, 3.63) is 82.2 Å². The van der Waals surface area contributed by atoms with Crippen LogP contribution in [0.3, 0.4) is 0 Å². The van der Waals surface area contributed by atoms with E-state index in [1.54, 1.807) is 36.3 Å². The molecule has 0 aliphatic carbocycles. The Bertz CT molecular complexity index is 1110. The maximum absolute atomic E-state index is 12.9. The summed E-state index contributed by atoms with van der Waals surface area (Å²) in [6.45, 7) is 3.83. The predicted octanol–water partition coefficient (Wildman–Crippen LogP) is 1.86. The maximum atomic E-state index is 12.9. The molecule has 6 nitrogen and oxygen atoms in total. The van der Waals surface area contributed by atoms with E-state index in [1.165, 1.54) is 10.5 Å². The minimum Gasteiger partial charge on any atom is -0.497 e. The molecule has 2 aromatic carbocycles. The standard InChI is InChI=1S/C24H24N2O4/c1-29-20-9-10-22-19(16-20)17-21(24(28)30-22)23(27)26-14-12-25(13-15-26)11-5-8-18-6-3-2-4-7-18/h2-10,16-17H,11-15H2,1H3/p+1/b8-5+. The van der Waals surface area contributed by atoms with E-state index in [0.29, 0.717) is 29.8 Å². The van der Waals surface area contributed by atoms with Crippen molar-refractivity contribution in [2.45, 2.75) is 0 Å². The van der Waals surface area contributed by atoms with Gasteiger partial charge in [-0.1, -0.05) is 36.4 Å². The van der Waals surface area contributed by atoms with Crippen molar-refractivity contribution < 1.29 is 18.8 Å². The summed E-state index contributed by atoms with van der Waals surface area (Å²) in [5.41, 5.74) is 1.10. The Labute approximate surface area is 175 Å². The number of carbonyl (C=O) groups excluding carboxylic acids is 1.